The third-order valence-electron chi connectivity index (χ3n) is 6.58. The second-order valence-electron chi connectivity index (χ2n) is 9.16. The van der Waals surface area contributed by atoms with E-state index >= 15 is 0 Å². The quantitative estimate of drug-likeness (QED) is 0.188. The highest BCUT2D eigenvalue weighted by Crippen LogP contribution is 2.25. The molecule has 4 aromatic carbocycles. The van der Waals surface area contributed by atoms with E-state index in [1.54, 1.807) is 83.6 Å². The Morgan fingerprint density at radius 1 is 0.902 bits per heavy atom. The van der Waals surface area contributed by atoms with Crippen molar-refractivity contribution in [2.45, 2.75) is 6.92 Å². The van der Waals surface area contributed by atoms with Gasteiger partial charge in [-0.25, -0.2) is 9.98 Å². The Kier molecular flexibility index (Phi) is 6.66. The molecule has 200 valence electrons. The van der Waals surface area contributed by atoms with Crippen LogP contribution in [0.2, 0.25) is 0 Å². The van der Waals surface area contributed by atoms with E-state index in [0.717, 1.165) is 0 Å². The Bertz CT molecular complexity index is 2060. The number of aromatic nitrogens is 3. The number of hydrogen-bond donors (Lipinski definition) is 0. The maximum absolute atomic E-state index is 13.7. The van der Waals surface area contributed by atoms with Crippen LogP contribution in [0.25, 0.3) is 27.8 Å². The lowest BCUT2D eigenvalue weighted by Gasteiger charge is -2.11. The molecule has 6 aromatic rings. The fourth-order valence-electron chi connectivity index (χ4n) is 4.58. The highest BCUT2D eigenvalue weighted by atomic mass is 32.1. The zero-order chi connectivity index (χ0) is 28.5. The van der Waals surface area contributed by atoms with Crippen LogP contribution in [0, 0.1) is 17.0 Å². The number of hydrogen-bond acceptors (Lipinski definition) is 7. The molecule has 0 radical (unpaired) electrons. The third-order valence-corrected chi connectivity index (χ3v) is 7.41. The number of nitro groups is 1. The molecule has 0 aliphatic rings. The van der Waals surface area contributed by atoms with Gasteiger partial charge in [0, 0.05) is 28.6 Å². The molecule has 10 heteroatoms. The minimum absolute atomic E-state index is 0.0362. The molecule has 0 N–H and O–H groups in total. The van der Waals surface area contributed by atoms with Gasteiger partial charge in [0.25, 0.3) is 17.2 Å². The number of fused-ring (bicyclic) bond motifs is 1. The summed E-state index contributed by atoms with van der Waals surface area (Å²) in [6.45, 7) is 1.79. The molecule has 0 aliphatic heterocycles. The van der Waals surface area contributed by atoms with Crippen molar-refractivity contribution < 1.29 is 9.72 Å². The van der Waals surface area contributed by atoms with Crippen molar-refractivity contribution in [1.82, 2.24) is 14.1 Å². The molecule has 2 aromatic heterocycles. The van der Waals surface area contributed by atoms with Crippen molar-refractivity contribution in [1.29, 1.82) is 0 Å². The van der Waals surface area contributed by atoms with Gasteiger partial charge in [0.1, 0.15) is 5.82 Å². The second kappa shape index (κ2) is 10.6. The molecule has 2 heterocycles. The Hall–Kier alpha value is -5.48. The van der Waals surface area contributed by atoms with Crippen molar-refractivity contribution in [3.05, 3.63) is 145 Å². The van der Waals surface area contributed by atoms with Crippen LogP contribution < -0.4 is 10.4 Å². The van der Waals surface area contributed by atoms with Crippen LogP contribution in [-0.2, 0) is 0 Å². The number of non-ortho nitro benzene ring substituents is 1. The van der Waals surface area contributed by atoms with Crippen LogP contribution in [0.4, 0.5) is 11.4 Å². The third kappa shape index (κ3) is 4.88. The lowest BCUT2D eigenvalue weighted by molar-refractivity contribution is -0.384. The summed E-state index contributed by atoms with van der Waals surface area (Å²) in [6, 6.07) is 29.3. The molecule has 41 heavy (non-hydrogen) atoms. The van der Waals surface area contributed by atoms with Gasteiger partial charge < -0.3 is 0 Å². The molecule has 0 aliphatic carbocycles. The molecule has 0 saturated carbocycles. The number of rotatable bonds is 5. The number of para-hydroxylation sites is 1. The topological polar surface area (TPSA) is 112 Å². The molecule has 0 fully saturated rings. The summed E-state index contributed by atoms with van der Waals surface area (Å²) < 4.78 is 3.07. The van der Waals surface area contributed by atoms with E-state index in [1.807, 2.05) is 24.3 Å². The van der Waals surface area contributed by atoms with Gasteiger partial charge in [-0.1, -0.05) is 30.3 Å². The number of carbonyl (C=O) groups excluding carboxylic acids is 1. The molecule has 0 atom stereocenters. The highest BCUT2D eigenvalue weighted by molar-refractivity contribution is 7.07. The molecule has 6 rings (SSSR count). The predicted molar refractivity (Wildman–Crippen MR) is 158 cm³/mol. The van der Waals surface area contributed by atoms with Gasteiger partial charge in [0.15, 0.2) is 4.80 Å². The second-order valence-corrected chi connectivity index (χ2v) is 10.00. The predicted octanol–water partition coefficient (Wildman–Crippen LogP) is 6.05. The number of nitro benzene ring substituents is 1. The summed E-state index contributed by atoms with van der Waals surface area (Å²) in [5.41, 5.74) is 3.37. The van der Waals surface area contributed by atoms with Crippen LogP contribution in [-0.4, -0.2) is 24.9 Å². The first-order valence-electron chi connectivity index (χ1n) is 12.6. The average Bonchev–Trinajstić information content (AvgIpc) is 3.41. The van der Waals surface area contributed by atoms with E-state index in [0.29, 0.717) is 49.7 Å². The van der Waals surface area contributed by atoms with Crippen LogP contribution in [0.3, 0.4) is 0 Å². The summed E-state index contributed by atoms with van der Waals surface area (Å²) in [5.74, 6) is 0.288. The van der Waals surface area contributed by atoms with Gasteiger partial charge in [-0.2, -0.15) is 0 Å². The van der Waals surface area contributed by atoms with Gasteiger partial charge in [0.2, 0.25) is 0 Å². The van der Waals surface area contributed by atoms with Gasteiger partial charge >= 0.3 is 0 Å². The van der Waals surface area contributed by atoms with Crippen molar-refractivity contribution in [3.8, 4) is 16.9 Å². The van der Waals surface area contributed by atoms with Crippen molar-refractivity contribution in [2.24, 2.45) is 4.99 Å². The highest BCUT2D eigenvalue weighted by Gasteiger charge is 2.18. The summed E-state index contributed by atoms with van der Waals surface area (Å²) in [7, 11) is 0. The molecular weight excluding hydrogens is 538 g/mol. The van der Waals surface area contributed by atoms with E-state index in [1.165, 1.54) is 28.0 Å². The van der Waals surface area contributed by atoms with Crippen LogP contribution >= 0.6 is 11.3 Å². The number of aryl methyl sites for hydroxylation is 1. The Balaban J connectivity index is 1.44. The van der Waals surface area contributed by atoms with E-state index in [4.69, 9.17) is 4.99 Å². The average molecular weight is 560 g/mol. The lowest BCUT2D eigenvalue weighted by Crippen LogP contribution is -2.24. The number of thiazole rings is 1. The summed E-state index contributed by atoms with van der Waals surface area (Å²) in [5, 5.41) is 13.5. The van der Waals surface area contributed by atoms with E-state index in [9.17, 15) is 19.7 Å². The molecule has 0 amide bonds. The minimum Gasteiger partial charge on any atom is -0.268 e. The Morgan fingerprint density at radius 3 is 2.29 bits per heavy atom. The van der Waals surface area contributed by atoms with Crippen LogP contribution in [0.1, 0.15) is 16.2 Å². The van der Waals surface area contributed by atoms with E-state index in [2.05, 4.69) is 4.98 Å². The Labute approximate surface area is 237 Å². The van der Waals surface area contributed by atoms with Crippen LogP contribution in [0.5, 0.6) is 0 Å². The molecule has 0 spiro atoms. The molecule has 9 nitrogen and oxygen atoms in total. The van der Waals surface area contributed by atoms with Gasteiger partial charge in [-0.05, 0) is 67.6 Å². The minimum atomic E-state index is -0.464. The van der Waals surface area contributed by atoms with E-state index in [-0.39, 0.29) is 17.2 Å². The fourth-order valence-corrected chi connectivity index (χ4v) is 5.49. The Morgan fingerprint density at radius 2 is 1.59 bits per heavy atom. The first-order chi connectivity index (χ1) is 19.9. The summed E-state index contributed by atoms with van der Waals surface area (Å²) in [6.07, 6.45) is 0. The molecule has 0 unspecified atom stereocenters. The van der Waals surface area contributed by atoms with E-state index < -0.39 is 4.92 Å². The zero-order valence-electron chi connectivity index (χ0n) is 21.7. The largest absolute Gasteiger partial charge is 0.269 e. The molecule has 0 saturated heterocycles. The number of carbonyl (C=O) groups is 1. The maximum atomic E-state index is 13.7. The molecular formula is C31H21N5O4S. The smallest absolute Gasteiger partial charge is 0.268 e. The zero-order valence-corrected chi connectivity index (χ0v) is 22.5. The molecule has 0 bridgehead atoms. The first-order valence-corrected chi connectivity index (χ1v) is 13.5. The fraction of sp³-hybridized carbons (Fsp3) is 0.0323. The SMILES string of the molecule is Cc1nc2ccccc2c(=O)n1-c1ccc(N=c2scc(-c3ccc([N+](=O)[O-])cc3)n2C(=O)c2ccccc2)cc1. The first kappa shape index (κ1) is 25.8. The van der Waals surface area contributed by atoms with Crippen molar-refractivity contribution in [2.75, 3.05) is 0 Å². The standard InChI is InChI=1S/C31H21N5O4S/c1-20-32-27-10-6-5-9-26(27)30(38)34(20)24-17-13-23(14-18-24)33-31-35(29(37)22-7-3-2-4-8-22)28(19-41-31)21-11-15-25(16-12-21)36(39)40/h2-19H,1H3. The van der Waals surface area contributed by atoms with Crippen molar-refractivity contribution in [3.63, 3.8) is 0 Å². The summed E-state index contributed by atoms with van der Waals surface area (Å²) >= 11 is 1.28. The lowest BCUT2D eigenvalue weighted by atomic mass is 10.1. The normalized spacial score (nSPS) is 11.6. The number of nitrogens with zero attached hydrogens (tertiary/aromatic N) is 5. The van der Waals surface area contributed by atoms with Gasteiger partial charge in [-0.3, -0.25) is 28.8 Å². The number of benzene rings is 4. The monoisotopic (exact) mass is 559 g/mol. The van der Waals surface area contributed by atoms with Crippen molar-refractivity contribution >= 4 is 39.5 Å². The van der Waals surface area contributed by atoms with Crippen LogP contribution in [0.15, 0.2) is 118 Å². The maximum Gasteiger partial charge on any atom is 0.269 e. The van der Waals surface area contributed by atoms with Gasteiger partial charge in [0.05, 0.1) is 32.9 Å². The summed E-state index contributed by atoms with van der Waals surface area (Å²) in [4.78, 5) is 47.3. The van der Waals surface area contributed by atoms with Gasteiger partial charge in [-0.15, -0.1) is 11.3 Å².